The molecule has 24 heavy (non-hydrogen) atoms. The van der Waals surface area contributed by atoms with Crippen molar-refractivity contribution in [3.05, 3.63) is 23.1 Å². The number of halogens is 3. The molecular weight excluding hydrogens is 321 g/mol. The van der Waals surface area contributed by atoms with Gasteiger partial charge in [-0.3, -0.25) is 0 Å². The minimum Gasteiger partial charge on any atom is -0.456 e. The monoisotopic (exact) mass is 344 g/mol. The van der Waals surface area contributed by atoms with Crippen molar-refractivity contribution in [3.63, 3.8) is 0 Å². The molecule has 2 heterocycles. The van der Waals surface area contributed by atoms with Gasteiger partial charge in [0.05, 0.1) is 0 Å². The summed E-state index contributed by atoms with van der Waals surface area (Å²) in [4.78, 5) is 18.1. The van der Waals surface area contributed by atoms with Crippen LogP contribution in [0.2, 0.25) is 0 Å². The number of alkyl halides is 2. The molecule has 134 valence electrons. The summed E-state index contributed by atoms with van der Waals surface area (Å²) in [6.45, 7) is 6.84. The van der Waals surface area contributed by atoms with E-state index < -0.39 is 23.3 Å². The summed E-state index contributed by atoms with van der Waals surface area (Å²) < 4.78 is 47.0. The smallest absolute Gasteiger partial charge is 0.345 e. The van der Waals surface area contributed by atoms with Crippen LogP contribution < -0.4 is 4.90 Å². The third kappa shape index (κ3) is 4.39. The Balaban J connectivity index is 2.39. The van der Waals surface area contributed by atoms with Crippen molar-refractivity contribution in [2.24, 2.45) is 0 Å². The number of anilines is 1. The third-order valence-corrected chi connectivity index (χ3v) is 3.79. The highest BCUT2D eigenvalue weighted by molar-refractivity contribution is 5.95. The van der Waals surface area contributed by atoms with Crippen LogP contribution in [-0.2, 0) is 4.74 Å². The van der Waals surface area contributed by atoms with Crippen LogP contribution in [0.3, 0.4) is 0 Å². The molecule has 4 nitrogen and oxygen atoms in total. The summed E-state index contributed by atoms with van der Waals surface area (Å²) in [6.07, 6.45) is 0.983. The van der Waals surface area contributed by atoms with Crippen LogP contribution in [0.15, 0.2) is 6.20 Å². The first kappa shape index (κ1) is 18.5. The van der Waals surface area contributed by atoms with Crippen molar-refractivity contribution in [2.45, 2.75) is 58.5 Å². The molecule has 0 spiro atoms. The van der Waals surface area contributed by atoms with E-state index in [-0.39, 0.29) is 42.8 Å². The largest absolute Gasteiger partial charge is 0.456 e. The molecule has 0 aliphatic carbocycles. The van der Waals surface area contributed by atoms with E-state index in [4.69, 9.17) is 4.74 Å². The molecule has 1 saturated heterocycles. The van der Waals surface area contributed by atoms with Crippen LogP contribution in [0.25, 0.3) is 0 Å². The summed E-state index contributed by atoms with van der Waals surface area (Å²) in [7, 11) is 0. The van der Waals surface area contributed by atoms with E-state index in [1.165, 1.54) is 13.1 Å². The molecule has 1 aliphatic rings. The molecule has 1 aliphatic heterocycles. The second-order valence-corrected chi connectivity index (χ2v) is 7.15. The Morgan fingerprint density at radius 3 is 2.58 bits per heavy atom. The predicted molar refractivity (Wildman–Crippen MR) is 85.1 cm³/mol. The van der Waals surface area contributed by atoms with Gasteiger partial charge in [-0.1, -0.05) is 0 Å². The number of carbonyl (C=O) groups excluding carboxylic acids is 1. The molecule has 0 bridgehead atoms. The number of hydrogen-bond acceptors (Lipinski definition) is 4. The van der Waals surface area contributed by atoms with E-state index in [2.05, 4.69) is 4.98 Å². The first-order valence-corrected chi connectivity index (χ1v) is 8.01. The van der Waals surface area contributed by atoms with Gasteiger partial charge in [-0.15, -0.1) is 0 Å². The van der Waals surface area contributed by atoms with Gasteiger partial charge in [0.25, 0.3) is 0 Å². The van der Waals surface area contributed by atoms with E-state index in [1.807, 2.05) is 0 Å². The fourth-order valence-corrected chi connectivity index (χ4v) is 2.60. The predicted octanol–water partition coefficient (Wildman–Crippen LogP) is 4.11. The lowest BCUT2D eigenvalue weighted by Crippen LogP contribution is -2.31. The Bertz CT molecular complexity index is 627. The molecule has 0 atom stereocenters. The van der Waals surface area contributed by atoms with Crippen LogP contribution >= 0.6 is 0 Å². The fraction of sp³-hybridized carbons (Fsp3) is 0.647. The number of hydrogen-bond donors (Lipinski definition) is 0. The Labute approximate surface area is 140 Å². The van der Waals surface area contributed by atoms with Gasteiger partial charge in [0.1, 0.15) is 22.8 Å². The van der Waals surface area contributed by atoms with Gasteiger partial charge in [0.15, 0.2) is 0 Å². The lowest BCUT2D eigenvalue weighted by atomic mass is 10.1. The Hall–Kier alpha value is -1.79. The average molecular weight is 344 g/mol. The summed E-state index contributed by atoms with van der Waals surface area (Å²) >= 11 is 0. The maximum absolute atomic E-state index is 14.6. The number of rotatable bonds is 2. The highest BCUT2D eigenvalue weighted by Gasteiger charge is 2.34. The fourth-order valence-electron chi connectivity index (χ4n) is 2.60. The van der Waals surface area contributed by atoms with Crippen molar-refractivity contribution >= 4 is 11.8 Å². The van der Waals surface area contributed by atoms with Crippen molar-refractivity contribution in [3.8, 4) is 0 Å². The van der Waals surface area contributed by atoms with E-state index in [0.717, 1.165) is 0 Å². The molecule has 1 fully saturated rings. The van der Waals surface area contributed by atoms with Crippen molar-refractivity contribution in [2.75, 3.05) is 18.0 Å². The van der Waals surface area contributed by atoms with Gasteiger partial charge in [-0.2, -0.15) is 0 Å². The molecule has 0 saturated carbocycles. The van der Waals surface area contributed by atoms with E-state index in [9.17, 15) is 18.0 Å². The van der Waals surface area contributed by atoms with E-state index in [1.54, 1.807) is 25.7 Å². The van der Waals surface area contributed by atoms with Crippen LogP contribution in [0.1, 0.15) is 56.0 Å². The Kier molecular flexibility index (Phi) is 5.11. The quantitative estimate of drug-likeness (QED) is 0.757. The first-order chi connectivity index (χ1) is 11.0. The Morgan fingerprint density at radius 1 is 1.29 bits per heavy atom. The molecule has 1 aromatic rings. The van der Waals surface area contributed by atoms with Gasteiger partial charge in [-0.05, 0) is 34.1 Å². The van der Waals surface area contributed by atoms with Crippen LogP contribution in [-0.4, -0.2) is 35.6 Å². The molecular formula is C17H23F3N2O2. The molecule has 0 amide bonds. The lowest BCUT2D eigenvalue weighted by Gasteiger charge is -2.26. The second-order valence-electron chi connectivity index (χ2n) is 7.15. The Morgan fingerprint density at radius 2 is 1.96 bits per heavy atom. The van der Waals surface area contributed by atoms with Crippen LogP contribution in [0, 0.1) is 12.7 Å². The maximum atomic E-state index is 14.6. The highest BCUT2D eigenvalue weighted by Crippen LogP contribution is 2.32. The molecule has 0 N–H and O–H groups in total. The standard InChI is InChI=1S/C17H23F3N2O2/c1-11-10-21-14(22-8-5-6-17(19,20)7-9-22)12(13(11)18)15(23)24-16(2,3)4/h10H,5-9H2,1-4H3. The van der Waals surface area contributed by atoms with Crippen molar-refractivity contribution < 1.29 is 22.7 Å². The normalized spacial score (nSPS) is 18.2. The van der Waals surface area contributed by atoms with E-state index in [0.29, 0.717) is 6.54 Å². The second kappa shape index (κ2) is 6.61. The van der Waals surface area contributed by atoms with E-state index >= 15 is 0 Å². The number of pyridine rings is 1. The van der Waals surface area contributed by atoms with Crippen molar-refractivity contribution in [1.29, 1.82) is 0 Å². The molecule has 0 unspecified atom stereocenters. The molecule has 1 aromatic heterocycles. The van der Waals surface area contributed by atoms with Gasteiger partial charge >= 0.3 is 5.97 Å². The van der Waals surface area contributed by atoms with Crippen LogP contribution in [0.4, 0.5) is 19.0 Å². The van der Waals surface area contributed by atoms with Gasteiger partial charge in [0, 0.05) is 37.7 Å². The third-order valence-electron chi connectivity index (χ3n) is 3.79. The number of carbonyl (C=O) groups is 1. The number of ether oxygens (including phenoxy) is 1. The number of aryl methyl sites for hydroxylation is 1. The van der Waals surface area contributed by atoms with Gasteiger partial charge in [0.2, 0.25) is 5.92 Å². The summed E-state index contributed by atoms with van der Waals surface area (Å²) in [5.41, 5.74) is -0.869. The number of aromatic nitrogens is 1. The van der Waals surface area contributed by atoms with Gasteiger partial charge in [-0.25, -0.2) is 22.9 Å². The zero-order valence-corrected chi connectivity index (χ0v) is 14.5. The number of nitrogens with zero attached hydrogens (tertiary/aromatic N) is 2. The molecule has 0 radical (unpaired) electrons. The zero-order valence-electron chi connectivity index (χ0n) is 14.5. The molecule has 0 aromatic carbocycles. The minimum atomic E-state index is -2.75. The maximum Gasteiger partial charge on any atom is 0.345 e. The average Bonchev–Trinajstić information content (AvgIpc) is 2.60. The zero-order chi connectivity index (χ0) is 18.1. The summed E-state index contributed by atoms with van der Waals surface area (Å²) in [5, 5.41) is 0. The van der Waals surface area contributed by atoms with Crippen LogP contribution in [0.5, 0.6) is 0 Å². The molecule has 2 rings (SSSR count). The lowest BCUT2D eigenvalue weighted by molar-refractivity contribution is -0.0102. The molecule has 7 heteroatoms. The topological polar surface area (TPSA) is 42.4 Å². The highest BCUT2D eigenvalue weighted by atomic mass is 19.3. The SMILES string of the molecule is Cc1cnc(N2CCCC(F)(F)CC2)c(C(=O)OC(C)(C)C)c1F. The number of esters is 1. The minimum absolute atomic E-state index is 0.0122. The summed E-state index contributed by atoms with van der Waals surface area (Å²) in [5.74, 6) is -4.22. The summed E-state index contributed by atoms with van der Waals surface area (Å²) in [6, 6.07) is 0. The van der Waals surface area contributed by atoms with Crippen molar-refractivity contribution in [1.82, 2.24) is 4.98 Å². The first-order valence-electron chi connectivity index (χ1n) is 8.01. The van der Waals surface area contributed by atoms with Gasteiger partial charge < -0.3 is 9.64 Å².